The van der Waals surface area contributed by atoms with Gasteiger partial charge in [-0.3, -0.25) is 0 Å². The molecule has 0 saturated carbocycles. The number of hydrogen-bond acceptors (Lipinski definition) is 4. The van der Waals surface area contributed by atoms with Crippen LogP contribution in [0.25, 0.3) is 0 Å². The second kappa shape index (κ2) is 8.48. The third kappa shape index (κ3) is 5.08. The van der Waals surface area contributed by atoms with Crippen LogP contribution in [0, 0.1) is 11.3 Å². The van der Waals surface area contributed by atoms with Gasteiger partial charge in [-0.15, -0.1) is 0 Å². The third-order valence-electron chi connectivity index (χ3n) is 3.56. The van der Waals surface area contributed by atoms with Crippen LogP contribution >= 0.6 is 11.3 Å². The minimum absolute atomic E-state index is 0.355. The number of nitriles is 1. The molecule has 0 aliphatic rings. The van der Waals surface area contributed by atoms with Crippen LogP contribution in [0.5, 0.6) is 0 Å². The molecule has 2 aromatic rings. The summed E-state index contributed by atoms with van der Waals surface area (Å²) >= 11 is 1.56. The summed E-state index contributed by atoms with van der Waals surface area (Å²) < 4.78 is 0. The fraction of sp³-hybridized carbons (Fsp3) is 0.333. The number of hydrogen-bond donors (Lipinski definition) is 3. The maximum Gasteiger partial charge on any atom is 0.191 e. The molecule has 0 amide bonds. The molecule has 0 radical (unpaired) electrons. The van der Waals surface area contributed by atoms with Crippen molar-refractivity contribution in [1.29, 1.82) is 5.26 Å². The van der Waals surface area contributed by atoms with Crippen LogP contribution in [0.1, 0.15) is 30.5 Å². The third-order valence-corrected chi connectivity index (χ3v) is 4.25. The van der Waals surface area contributed by atoms with E-state index in [4.69, 9.17) is 5.26 Å². The van der Waals surface area contributed by atoms with E-state index in [0.29, 0.717) is 24.6 Å². The van der Waals surface area contributed by atoms with Gasteiger partial charge in [0.05, 0.1) is 24.7 Å². The van der Waals surface area contributed by atoms with Crippen molar-refractivity contribution in [2.45, 2.75) is 26.0 Å². The van der Waals surface area contributed by atoms with Crippen LogP contribution < -0.4 is 10.6 Å². The summed E-state index contributed by atoms with van der Waals surface area (Å²) in [4.78, 5) is 4.52. The number of guanidine groups is 1. The second-order valence-electron chi connectivity index (χ2n) is 5.65. The van der Waals surface area contributed by atoms with Crippen LogP contribution in [-0.4, -0.2) is 24.2 Å². The van der Waals surface area contributed by atoms with E-state index >= 15 is 0 Å². The first kappa shape index (κ1) is 18.0. The molecule has 1 atom stereocenters. The SMILES string of the molecule is CCNC(=NCc1cccc(C#N)c1)NCC(C)(O)c1ccsc1. The molecule has 2 rings (SSSR count). The summed E-state index contributed by atoms with van der Waals surface area (Å²) in [6.07, 6.45) is 0. The lowest BCUT2D eigenvalue weighted by Gasteiger charge is -2.24. The van der Waals surface area contributed by atoms with Crippen molar-refractivity contribution < 1.29 is 5.11 Å². The Kier molecular flexibility index (Phi) is 6.36. The first-order valence-corrected chi connectivity index (χ1v) is 8.75. The smallest absolute Gasteiger partial charge is 0.191 e. The monoisotopic (exact) mass is 342 g/mol. The Hall–Kier alpha value is -2.36. The minimum atomic E-state index is -0.961. The maximum atomic E-state index is 10.6. The minimum Gasteiger partial charge on any atom is -0.384 e. The van der Waals surface area contributed by atoms with Crippen molar-refractivity contribution in [1.82, 2.24) is 10.6 Å². The van der Waals surface area contributed by atoms with Gasteiger partial charge in [-0.25, -0.2) is 4.99 Å². The number of aliphatic hydroxyl groups is 1. The van der Waals surface area contributed by atoms with E-state index in [1.165, 1.54) is 0 Å². The van der Waals surface area contributed by atoms with E-state index in [1.807, 2.05) is 41.9 Å². The van der Waals surface area contributed by atoms with Crippen LogP contribution in [0.15, 0.2) is 46.1 Å². The highest BCUT2D eigenvalue weighted by Crippen LogP contribution is 2.21. The lowest BCUT2D eigenvalue weighted by atomic mass is 9.99. The standard InChI is InChI=1S/C18H22N4OS/c1-3-20-17(21-11-15-6-4-5-14(9-15)10-19)22-13-18(2,23)16-7-8-24-12-16/h4-9,12,23H,3,11,13H2,1-2H3,(H2,20,21,22). The van der Waals surface area contributed by atoms with Crippen molar-refractivity contribution >= 4 is 17.3 Å². The average molecular weight is 342 g/mol. The van der Waals surface area contributed by atoms with Crippen molar-refractivity contribution in [2.24, 2.45) is 4.99 Å². The van der Waals surface area contributed by atoms with Gasteiger partial charge in [0, 0.05) is 6.54 Å². The Morgan fingerprint density at radius 3 is 2.88 bits per heavy atom. The van der Waals surface area contributed by atoms with Crippen LogP contribution in [0.3, 0.4) is 0 Å². The first-order chi connectivity index (χ1) is 11.5. The number of thiophene rings is 1. The molecule has 5 nitrogen and oxygen atoms in total. The summed E-state index contributed by atoms with van der Waals surface area (Å²) in [5.41, 5.74) is 1.52. The van der Waals surface area contributed by atoms with E-state index in [9.17, 15) is 5.11 Å². The zero-order valence-corrected chi connectivity index (χ0v) is 14.7. The Morgan fingerprint density at radius 2 is 2.21 bits per heavy atom. The molecule has 6 heteroatoms. The average Bonchev–Trinajstić information content (AvgIpc) is 3.13. The molecule has 1 aromatic heterocycles. The maximum absolute atomic E-state index is 10.6. The fourth-order valence-corrected chi connectivity index (χ4v) is 2.96. The topological polar surface area (TPSA) is 80.4 Å². The molecular weight excluding hydrogens is 320 g/mol. The quantitative estimate of drug-likeness (QED) is 0.557. The number of nitrogens with one attached hydrogen (secondary N) is 2. The molecule has 0 aliphatic carbocycles. The zero-order valence-electron chi connectivity index (χ0n) is 13.9. The van der Waals surface area contributed by atoms with Gasteiger partial charge in [0.1, 0.15) is 5.60 Å². The normalized spacial score (nSPS) is 13.8. The number of benzene rings is 1. The summed E-state index contributed by atoms with van der Waals surface area (Å²) in [6, 6.07) is 11.4. The van der Waals surface area contributed by atoms with E-state index in [0.717, 1.165) is 17.7 Å². The molecule has 24 heavy (non-hydrogen) atoms. The molecule has 0 fully saturated rings. The first-order valence-electron chi connectivity index (χ1n) is 7.81. The number of nitrogens with zero attached hydrogens (tertiary/aromatic N) is 2. The molecule has 1 unspecified atom stereocenters. The van der Waals surface area contributed by atoms with Crippen LogP contribution in [0.2, 0.25) is 0 Å². The summed E-state index contributed by atoms with van der Waals surface area (Å²) in [7, 11) is 0. The molecule has 1 heterocycles. The van der Waals surface area contributed by atoms with Gasteiger partial charge in [-0.1, -0.05) is 12.1 Å². The highest BCUT2D eigenvalue weighted by molar-refractivity contribution is 7.08. The van der Waals surface area contributed by atoms with Gasteiger partial charge < -0.3 is 15.7 Å². The van der Waals surface area contributed by atoms with Gasteiger partial charge in [0.25, 0.3) is 0 Å². The van der Waals surface area contributed by atoms with Crippen LogP contribution in [-0.2, 0) is 12.1 Å². The fourth-order valence-electron chi connectivity index (χ4n) is 2.18. The highest BCUT2D eigenvalue weighted by Gasteiger charge is 2.23. The van der Waals surface area contributed by atoms with Crippen molar-refractivity contribution in [3.05, 3.63) is 57.8 Å². The molecular formula is C18H22N4OS. The zero-order chi connectivity index (χ0) is 17.4. The van der Waals surface area contributed by atoms with Crippen molar-refractivity contribution in [3.63, 3.8) is 0 Å². The van der Waals surface area contributed by atoms with Crippen molar-refractivity contribution in [3.8, 4) is 6.07 Å². The van der Waals surface area contributed by atoms with E-state index in [2.05, 4.69) is 21.7 Å². The Bertz CT molecular complexity index is 717. The molecule has 0 bridgehead atoms. The van der Waals surface area contributed by atoms with Crippen LogP contribution in [0.4, 0.5) is 0 Å². The van der Waals surface area contributed by atoms with E-state index < -0.39 is 5.60 Å². The molecule has 1 aromatic carbocycles. The molecule has 0 saturated heterocycles. The summed E-state index contributed by atoms with van der Waals surface area (Å²) in [6.45, 7) is 5.32. The molecule has 0 spiro atoms. The summed E-state index contributed by atoms with van der Waals surface area (Å²) in [5.74, 6) is 0.635. The predicted molar refractivity (Wildman–Crippen MR) is 97.9 cm³/mol. The van der Waals surface area contributed by atoms with E-state index in [-0.39, 0.29) is 0 Å². The highest BCUT2D eigenvalue weighted by atomic mass is 32.1. The van der Waals surface area contributed by atoms with E-state index in [1.54, 1.807) is 24.3 Å². The second-order valence-corrected chi connectivity index (χ2v) is 6.43. The van der Waals surface area contributed by atoms with Crippen molar-refractivity contribution in [2.75, 3.05) is 13.1 Å². The van der Waals surface area contributed by atoms with Gasteiger partial charge in [-0.2, -0.15) is 16.6 Å². The van der Waals surface area contributed by atoms with Gasteiger partial charge in [-0.05, 0) is 53.9 Å². The molecule has 126 valence electrons. The summed E-state index contributed by atoms with van der Waals surface area (Å²) in [5, 5.41) is 29.8. The Morgan fingerprint density at radius 1 is 1.38 bits per heavy atom. The Balaban J connectivity index is 2.01. The largest absolute Gasteiger partial charge is 0.384 e. The predicted octanol–water partition coefficient (Wildman–Crippen LogP) is 2.58. The molecule has 0 aliphatic heterocycles. The van der Waals surface area contributed by atoms with Gasteiger partial charge in [0.15, 0.2) is 5.96 Å². The van der Waals surface area contributed by atoms with Gasteiger partial charge >= 0.3 is 0 Å². The Labute approximate surface area is 146 Å². The number of rotatable bonds is 6. The van der Waals surface area contributed by atoms with Gasteiger partial charge in [0.2, 0.25) is 0 Å². The number of aliphatic imine (C=N–C) groups is 1. The lowest BCUT2D eigenvalue weighted by molar-refractivity contribution is 0.0621. The lowest BCUT2D eigenvalue weighted by Crippen LogP contribution is -2.44. The molecule has 3 N–H and O–H groups in total.